The van der Waals surface area contributed by atoms with E-state index in [2.05, 4.69) is 45.0 Å². The Morgan fingerprint density at radius 2 is 2.00 bits per heavy atom. The summed E-state index contributed by atoms with van der Waals surface area (Å²) in [5.41, 5.74) is 0.258. The van der Waals surface area contributed by atoms with Crippen molar-refractivity contribution in [3.63, 3.8) is 0 Å². The lowest BCUT2D eigenvalue weighted by Gasteiger charge is -2.26. The van der Waals surface area contributed by atoms with E-state index >= 15 is 0 Å². The van der Waals surface area contributed by atoms with Gasteiger partial charge in [0.2, 0.25) is 0 Å². The van der Waals surface area contributed by atoms with Gasteiger partial charge in [-0.1, -0.05) is 19.9 Å². The summed E-state index contributed by atoms with van der Waals surface area (Å²) in [6.45, 7) is 13.3. The molecule has 0 aromatic carbocycles. The third-order valence-corrected chi connectivity index (χ3v) is 4.10. The van der Waals surface area contributed by atoms with Gasteiger partial charge < -0.3 is 20.7 Å². The molecule has 29 heavy (non-hydrogen) atoms. The van der Waals surface area contributed by atoms with Gasteiger partial charge in [-0.25, -0.2) is 9.79 Å². The zero-order valence-electron chi connectivity index (χ0n) is 18.2. The Bertz CT molecular complexity index is 824. The molecule has 9 heteroatoms. The highest BCUT2D eigenvalue weighted by Gasteiger charge is 2.21. The Labute approximate surface area is 172 Å². The molecule has 1 unspecified atom stereocenters. The molecule has 2 heterocycles. The first-order valence-corrected chi connectivity index (χ1v) is 10.00. The second kappa shape index (κ2) is 10.1. The summed E-state index contributed by atoms with van der Waals surface area (Å²) < 4.78 is 7.28. The van der Waals surface area contributed by atoms with Crippen molar-refractivity contribution in [2.24, 2.45) is 10.9 Å². The van der Waals surface area contributed by atoms with E-state index in [-0.39, 0.29) is 12.0 Å². The molecule has 0 radical (unpaired) electrons. The van der Waals surface area contributed by atoms with E-state index in [0.717, 1.165) is 18.0 Å². The largest absolute Gasteiger partial charge is 0.444 e. The van der Waals surface area contributed by atoms with Gasteiger partial charge in [-0.05, 0) is 45.7 Å². The molecule has 0 aliphatic heterocycles. The number of ether oxygens (including phenoxy) is 1. The number of hydrogen-bond donors (Lipinski definition) is 3. The van der Waals surface area contributed by atoms with Crippen molar-refractivity contribution in [3.05, 3.63) is 30.2 Å². The monoisotopic (exact) mass is 403 g/mol. The minimum Gasteiger partial charge on any atom is -0.444 e. The maximum absolute atomic E-state index is 12.1. The summed E-state index contributed by atoms with van der Waals surface area (Å²) in [7, 11) is 0. The third-order valence-electron chi connectivity index (χ3n) is 4.10. The van der Waals surface area contributed by atoms with E-state index in [1.165, 1.54) is 0 Å². The Morgan fingerprint density at radius 3 is 2.66 bits per heavy atom. The second-order valence-corrected chi connectivity index (χ2v) is 8.12. The zero-order valence-corrected chi connectivity index (χ0v) is 18.2. The molecule has 0 aliphatic rings. The molecule has 0 spiro atoms. The van der Waals surface area contributed by atoms with Gasteiger partial charge in [-0.15, -0.1) is 10.2 Å². The highest BCUT2D eigenvalue weighted by molar-refractivity contribution is 5.79. The van der Waals surface area contributed by atoms with Crippen molar-refractivity contribution < 1.29 is 9.53 Å². The fraction of sp³-hybridized carbons (Fsp3) is 0.600. The maximum Gasteiger partial charge on any atom is 0.407 e. The Balaban J connectivity index is 2.00. The molecule has 0 fully saturated rings. The number of alkyl carbamates (subject to hydrolysis) is 1. The lowest BCUT2D eigenvalue weighted by atomic mass is 10.0. The normalized spacial score (nSPS) is 13.4. The molecule has 0 saturated carbocycles. The highest BCUT2D eigenvalue weighted by Crippen LogP contribution is 2.08. The molecule has 2 aromatic rings. The summed E-state index contributed by atoms with van der Waals surface area (Å²) in [6.07, 6.45) is 1.50. The molecule has 9 nitrogen and oxygen atoms in total. The van der Waals surface area contributed by atoms with Gasteiger partial charge in [0.05, 0.1) is 6.04 Å². The number of nitrogens with one attached hydrogen (secondary N) is 3. The van der Waals surface area contributed by atoms with E-state index in [1.807, 2.05) is 56.5 Å². The lowest BCUT2D eigenvalue weighted by molar-refractivity contribution is 0.0491. The quantitative estimate of drug-likeness (QED) is 0.484. The Kier molecular flexibility index (Phi) is 7.81. The van der Waals surface area contributed by atoms with Crippen LogP contribution in [0.3, 0.4) is 0 Å². The zero-order chi connectivity index (χ0) is 21.4. The SMILES string of the molecule is CCNC(=NCc1nnc2ccccn12)NCC(NC(=O)OC(C)(C)C)C(C)C. The molecule has 1 amide bonds. The van der Waals surface area contributed by atoms with Gasteiger partial charge in [0.1, 0.15) is 12.1 Å². The van der Waals surface area contributed by atoms with Crippen LogP contribution in [0.5, 0.6) is 0 Å². The fourth-order valence-electron chi connectivity index (χ4n) is 2.61. The average molecular weight is 404 g/mol. The van der Waals surface area contributed by atoms with Crippen LogP contribution in [-0.2, 0) is 11.3 Å². The lowest BCUT2D eigenvalue weighted by Crippen LogP contribution is -2.50. The molecule has 2 rings (SSSR count). The fourth-order valence-corrected chi connectivity index (χ4v) is 2.61. The van der Waals surface area contributed by atoms with E-state index < -0.39 is 11.7 Å². The van der Waals surface area contributed by atoms with Crippen LogP contribution in [0.25, 0.3) is 5.65 Å². The van der Waals surface area contributed by atoms with Crippen LogP contribution in [0.15, 0.2) is 29.4 Å². The number of pyridine rings is 1. The van der Waals surface area contributed by atoms with Gasteiger partial charge in [0, 0.05) is 19.3 Å². The van der Waals surface area contributed by atoms with E-state index in [1.54, 1.807) is 0 Å². The topological polar surface area (TPSA) is 105 Å². The average Bonchev–Trinajstić information content (AvgIpc) is 3.04. The van der Waals surface area contributed by atoms with Crippen LogP contribution in [0, 0.1) is 5.92 Å². The van der Waals surface area contributed by atoms with Crippen molar-refractivity contribution in [1.29, 1.82) is 0 Å². The molecular weight excluding hydrogens is 370 g/mol. The van der Waals surface area contributed by atoms with Crippen molar-refractivity contribution >= 4 is 17.7 Å². The predicted molar refractivity (Wildman–Crippen MR) is 114 cm³/mol. The summed E-state index contributed by atoms with van der Waals surface area (Å²) in [5, 5.41) is 17.8. The number of aliphatic imine (C=N–C) groups is 1. The van der Waals surface area contributed by atoms with Crippen LogP contribution >= 0.6 is 0 Å². The van der Waals surface area contributed by atoms with Crippen LogP contribution in [-0.4, -0.2) is 51.4 Å². The number of carbonyl (C=O) groups is 1. The minimum atomic E-state index is -0.531. The molecule has 0 aliphatic carbocycles. The number of carbonyl (C=O) groups excluding carboxylic acids is 1. The van der Waals surface area contributed by atoms with Crippen LogP contribution in [0.2, 0.25) is 0 Å². The van der Waals surface area contributed by atoms with Crippen LogP contribution < -0.4 is 16.0 Å². The van der Waals surface area contributed by atoms with E-state index in [0.29, 0.717) is 19.0 Å². The smallest absolute Gasteiger partial charge is 0.407 e. The van der Waals surface area contributed by atoms with Gasteiger partial charge in [-0.3, -0.25) is 4.40 Å². The van der Waals surface area contributed by atoms with E-state index in [4.69, 9.17) is 4.74 Å². The maximum atomic E-state index is 12.1. The summed E-state index contributed by atoms with van der Waals surface area (Å²) in [6, 6.07) is 5.65. The van der Waals surface area contributed by atoms with Crippen LogP contribution in [0.1, 0.15) is 47.4 Å². The van der Waals surface area contributed by atoms with Crippen molar-refractivity contribution in [2.75, 3.05) is 13.1 Å². The van der Waals surface area contributed by atoms with Crippen molar-refractivity contribution in [3.8, 4) is 0 Å². The Morgan fingerprint density at radius 1 is 1.24 bits per heavy atom. The number of guanidine groups is 1. The first-order valence-electron chi connectivity index (χ1n) is 10.00. The van der Waals surface area contributed by atoms with Crippen molar-refractivity contribution in [2.45, 2.75) is 59.7 Å². The van der Waals surface area contributed by atoms with Gasteiger partial charge >= 0.3 is 6.09 Å². The third kappa shape index (κ3) is 7.24. The first-order chi connectivity index (χ1) is 13.7. The standard InChI is InChI=1S/C20H33N7O2/c1-7-21-18(23-13-17-26-25-16-10-8-9-11-27(16)17)22-12-15(14(2)3)24-19(28)29-20(4,5)6/h8-11,14-15H,7,12-13H2,1-6H3,(H,24,28)(H2,21,22,23). The number of nitrogens with zero attached hydrogens (tertiary/aromatic N) is 4. The number of hydrogen-bond acceptors (Lipinski definition) is 5. The molecule has 2 aromatic heterocycles. The van der Waals surface area contributed by atoms with E-state index in [9.17, 15) is 4.79 Å². The minimum absolute atomic E-state index is 0.109. The highest BCUT2D eigenvalue weighted by atomic mass is 16.6. The summed E-state index contributed by atoms with van der Waals surface area (Å²) >= 11 is 0. The number of aromatic nitrogens is 3. The molecule has 160 valence electrons. The molecule has 1 atom stereocenters. The first kappa shape index (κ1) is 22.4. The number of fused-ring (bicyclic) bond motifs is 1. The number of amides is 1. The molecule has 0 bridgehead atoms. The van der Waals surface area contributed by atoms with Crippen molar-refractivity contribution in [1.82, 2.24) is 30.5 Å². The summed E-state index contributed by atoms with van der Waals surface area (Å²) in [5.74, 6) is 1.63. The van der Waals surface area contributed by atoms with Gasteiger partial charge in [-0.2, -0.15) is 0 Å². The molecule has 3 N–H and O–H groups in total. The van der Waals surface area contributed by atoms with Gasteiger partial charge in [0.25, 0.3) is 0 Å². The predicted octanol–water partition coefficient (Wildman–Crippen LogP) is 2.33. The van der Waals surface area contributed by atoms with Gasteiger partial charge in [0.15, 0.2) is 17.4 Å². The summed E-state index contributed by atoms with van der Waals surface area (Å²) in [4.78, 5) is 16.7. The number of rotatable bonds is 7. The molecular formula is C20H33N7O2. The Hall–Kier alpha value is -2.84. The molecule has 0 saturated heterocycles. The van der Waals surface area contributed by atoms with Crippen LogP contribution in [0.4, 0.5) is 4.79 Å². The second-order valence-electron chi connectivity index (χ2n) is 8.12.